The summed E-state index contributed by atoms with van der Waals surface area (Å²) in [5, 5.41) is 3.32. The van der Waals surface area contributed by atoms with Crippen molar-refractivity contribution in [2.75, 3.05) is 42.7 Å². The molecular weight excluding hydrogens is 460 g/mol. The Bertz CT molecular complexity index is 1040. The molecule has 3 rings (SSSR count). The molecule has 2 heterocycles. The number of amides is 1. The number of benzene rings is 1. The number of thiazole rings is 1. The van der Waals surface area contributed by atoms with Gasteiger partial charge in [-0.05, 0) is 39.0 Å². The summed E-state index contributed by atoms with van der Waals surface area (Å²) in [7, 11) is -3.35. The number of carbonyl (C=O) groups is 1. The monoisotopic (exact) mass is 486 g/mol. The molecule has 31 heavy (non-hydrogen) atoms. The van der Waals surface area contributed by atoms with Crippen LogP contribution in [0.15, 0.2) is 29.3 Å². The largest absolute Gasteiger partial charge is 0.444 e. The normalized spacial score (nSPS) is 15.1. The van der Waals surface area contributed by atoms with E-state index in [2.05, 4.69) is 15.2 Å². The second kappa shape index (κ2) is 9.22. The molecule has 0 saturated carbocycles. The predicted octanol–water partition coefficient (Wildman–Crippen LogP) is 3.87. The zero-order valence-electron chi connectivity index (χ0n) is 18.0. The van der Waals surface area contributed by atoms with Crippen molar-refractivity contribution in [2.45, 2.75) is 37.8 Å². The smallest absolute Gasteiger partial charge is 0.410 e. The van der Waals surface area contributed by atoms with Crippen LogP contribution in [0.25, 0.3) is 0 Å². The molecule has 11 heteroatoms. The first-order valence-corrected chi connectivity index (χ1v) is 12.9. The van der Waals surface area contributed by atoms with Gasteiger partial charge in [0.05, 0.1) is 22.8 Å². The minimum absolute atomic E-state index is 0.244. The molecule has 1 saturated heterocycles. The van der Waals surface area contributed by atoms with Crippen molar-refractivity contribution in [2.24, 2.45) is 0 Å². The topological polar surface area (TPSA) is 91.8 Å². The van der Waals surface area contributed by atoms with E-state index in [4.69, 9.17) is 16.3 Å². The van der Waals surface area contributed by atoms with Crippen LogP contribution in [-0.4, -0.2) is 62.4 Å². The molecule has 1 aromatic carbocycles. The number of halogens is 1. The number of nitrogens with zero attached hydrogens (tertiary/aromatic N) is 3. The molecule has 1 aliphatic heterocycles. The van der Waals surface area contributed by atoms with E-state index in [0.717, 1.165) is 10.6 Å². The Balaban J connectivity index is 1.76. The van der Waals surface area contributed by atoms with Crippen LogP contribution in [0.4, 0.5) is 16.2 Å². The lowest BCUT2D eigenvalue weighted by Crippen LogP contribution is -2.50. The van der Waals surface area contributed by atoms with Gasteiger partial charge in [0.25, 0.3) is 0 Å². The van der Waals surface area contributed by atoms with Gasteiger partial charge in [-0.3, -0.25) is 0 Å². The van der Waals surface area contributed by atoms with Crippen molar-refractivity contribution in [1.29, 1.82) is 0 Å². The van der Waals surface area contributed by atoms with Crippen molar-refractivity contribution in [1.82, 2.24) is 9.88 Å². The maximum Gasteiger partial charge on any atom is 0.410 e. The third-order valence-electron chi connectivity index (χ3n) is 4.65. The summed E-state index contributed by atoms with van der Waals surface area (Å²) in [4.78, 5) is 21.4. The summed E-state index contributed by atoms with van der Waals surface area (Å²) in [5.74, 6) is 0. The lowest BCUT2D eigenvalue weighted by atomic mass is 10.2. The Labute approximate surface area is 192 Å². The van der Waals surface area contributed by atoms with E-state index in [9.17, 15) is 13.2 Å². The standard InChI is InChI=1S/C20H27ClN4O4S2/c1-20(2,3)29-19(26)25-9-7-24(8-10-25)17-6-5-15(31(4,27)28)11-16(17)22-12-14-13-23-18(21)30-14/h5-6,11,13,22H,7-10,12H2,1-4H3. The number of rotatable bonds is 5. The first-order valence-electron chi connectivity index (χ1n) is 9.83. The van der Waals surface area contributed by atoms with E-state index in [-0.39, 0.29) is 11.0 Å². The van der Waals surface area contributed by atoms with Gasteiger partial charge in [-0.2, -0.15) is 0 Å². The highest BCUT2D eigenvalue weighted by Crippen LogP contribution is 2.31. The van der Waals surface area contributed by atoms with Gasteiger partial charge in [-0.15, -0.1) is 11.3 Å². The number of carbonyl (C=O) groups excluding carboxylic acids is 1. The average Bonchev–Trinajstić information content (AvgIpc) is 3.09. The SMILES string of the molecule is CC(C)(C)OC(=O)N1CCN(c2ccc(S(C)(=O)=O)cc2NCc2cnc(Cl)s2)CC1. The quantitative estimate of drug-likeness (QED) is 0.685. The van der Waals surface area contributed by atoms with E-state index in [1.807, 2.05) is 26.8 Å². The summed E-state index contributed by atoms with van der Waals surface area (Å²) >= 11 is 7.28. The minimum Gasteiger partial charge on any atom is -0.444 e. The molecule has 1 fully saturated rings. The predicted molar refractivity (Wildman–Crippen MR) is 124 cm³/mol. The van der Waals surface area contributed by atoms with E-state index in [0.29, 0.717) is 42.9 Å². The van der Waals surface area contributed by atoms with Crippen molar-refractivity contribution >= 4 is 50.2 Å². The van der Waals surface area contributed by atoms with Gasteiger partial charge >= 0.3 is 6.09 Å². The third-order valence-corrected chi connectivity index (χ3v) is 6.87. The molecule has 0 aliphatic carbocycles. The summed E-state index contributed by atoms with van der Waals surface area (Å²) in [6.07, 6.45) is 2.56. The lowest BCUT2D eigenvalue weighted by Gasteiger charge is -2.37. The van der Waals surface area contributed by atoms with E-state index in [1.54, 1.807) is 23.2 Å². The van der Waals surface area contributed by atoms with Gasteiger partial charge in [0.15, 0.2) is 14.3 Å². The van der Waals surface area contributed by atoms with Crippen molar-refractivity contribution < 1.29 is 17.9 Å². The maximum absolute atomic E-state index is 12.3. The van der Waals surface area contributed by atoms with Gasteiger partial charge in [-0.25, -0.2) is 18.2 Å². The molecule has 0 atom stereocenters. The van der Waals surface area contributed by atoms with Crippen LogP contribution >= 0.6 is 22.9 Å². The van der Waals surface area contributed by atoms with Gasteiger partial charge < -0.3 is 19.9 Å². The molecule has 1 N–H and O–H groups in total. The zero-order valence-corrected chi connectivity index (χ0v) is 20.4. The number of sulfone groups is 1. The second-order valence-electron chi connectivity index (χ2n) is 8.34. The van der Waals surface area contributed by atoms with E-state index in [1.165, 1.54) is 17.6 Å². The molecule has 8 nitrogen and oxygen atoms in total. The molecule has 0 radical (unpaired) electrons. The Morgan fingerprint density at radius 3 is 2.48 bits per heavy atom. The highest BCUT2D eigenvalue weighted by atomic mass is 35.5. The fraction of sp³-hybridized carbons (Fsp3) is 0.500. The van der Waals surface area contributed by atoms with Crippen LogP contribution in [0, 0.1) is 0 Å². The van der Waals surface area contributed by atoms with Gasteiger partial charge in [0, 0.05) is 43.5 Å². The second-order valence-corrected chi connectivity index (χ2v) is 12.1. The van der Waals surface area contributed by atoms with Crippen molar-refractivity contribution in [3.05, 3.63) is 33.7 Å². The number of aromatic nitrogens is 1. The first-order chi connectivity index (χ1) is 14.4. The Hall–Kier alpha value is -2.04. The molecule has 0 spiro atoms. The third kappa shape index (κ3) is 6.47. The molecule has 2 aromatic rings. The van der Waals surface area contributed by atoms with Gasteiger partial charge in [-0.1, -0.05) is 11.6 Å². The highest BCUT2D eigenvalue weighted by Gasteiger charge is 2.27. The minimum atomic E-state index is -3.35. The van der Waals surface area contributed by atoms with Crippen LogP contribution in [0.1, 0.15) is 25.6 Å². The fourth-order valence-corrected chi connectivity index (χ4v) is 4.73. The summed E-state index contributed by atoms with van der Waals surface area (Å²) < 4.78 is 30.0. The molecule has 170 valence electrons. The van der Waals surface area contributed by atoms with Crippen molar-refractivity contribution in [3.63, 3.8) is 0 Å². The van der Waals surface area contributed by atoms with Crippen LogP contribution < -0.4 is 10.2 Å². The number of nitrogens with one attached hydrogen (secondary N) is 1. The van der Waals surface area contributed by atoms with E-state index < -0.39 is 15.4 Å². The number of piperazine rings is 1. The first kappa shape index (κ1) is 23.6. The van der Waals surface area contributed by atoms with Crippen molar-refractivity contribution in [3.8, 4) is 0 Å². The van der Waals surface area contributed by atoms with Gasteiger partial charge in [0.2, 0.25) is 0 Å². The molecule has 0 unspecified atom stereocenters. The highest BCUT2D eigenvalue weighted by molar-refractivity contribution is 7.90. The lowest BCUT2D eigenvalue weighted by molar-refractivity contribution is 0.0240. The molecule has 1 aromatic heterocycles. The summed E-state index contributed by atoms with van der Waals surface area (Å²) in [6.45, 7) is 8.27. The maximum atomic E-state index is 12.3. The van der Waals surface area contributed by atoms with Crippen LogP contribution in [-0.2, 0) is 21.1 Å². The number of hydrogen-bond acceptors (Lipinski definition) is 8. The average molecular weight is 487 g/mol. The number of hydrogen-bond donors (Lipinski definition) is 1. The number of anilines is 2. The summed E-state index contributed by atoms with van der Waals surface area (Å²) in [5.41, 5.74) is 1.05. The molecule has 1 aliphatic rings. The van der Waals surface area contributed by atoms with E-state index >= 15 is 0 Å². The van der Waals surface area contributed by atoms with Crippen LogP contribution in [0.3, 0.4) is 0 Å². The van der Waals surface area contributed by atoms with Crippen LogP contribution in [0.5, 0.6) is 0 Å². The van der Waals surface area contributed by atoms with Crippen LogP contribution in [0.2, 0.25) is 4.47 Å². The molecule has 0 bridgehead atoms. The zero-order chi connectivity index (χ0) is 22.8. The van der Waals surface area contributed by atoms with Gasteiger partial charge in [0.1, 0.15) is 5.60 Å². The Morgan fingerprint density at radius 1 is 1.26 bits per heavy atom. The molecular formula is C20H27ClN4O4S2. The Morgan fingerprint density at radius 2 is 1.94 bits per heavy atom. The summed E-state index contributed by atoms with van der Waals surface area (Å²) in [6, 6.07) is 5.06. The fourth-order valence-electron chi connectivity index (χ4n) is 3.17. The number of ether oxygens (including phenoxy) is 1. The molecule has 1 amide bonds. The Kier molecular flexibility index (Phi) is 7.02.